The van der Waals surface area contributed by atoms with Crippen molar-refractivity contribution in [1.82, 2.24) is 25.8 Å². The molecular formula is C37H57N5O7S. The lowest BCUT2D eigenvalue weighted by atomic mass is 9.92. The summed E-state index contributed by atoms with van der Waals surface area (Å²) in [5, 5.41) is 20.3. The van der Waals surface area contributed by atoms with Crippen LogP contribution in [-0.2, 0) is 30.3 Å². The van der Waals surface area contributed by atoms with E-state index < -0.39 is 54.0 Å². The van der Waals surface area contributed by atoms with Crippen LogP contribution < -0.4 is 16.0 Å². The SMILES string of the molecule is [2H]CN[C@H](C(=O)N[C@H](C(=O)N(C)[C@H](C[C@@H](OC(C)=O)c1nc(C(=O)N[C@@H](Cc2ccccc2)C[C@H](C)C(=O)O)cs1)C(C)C)[C@@H](C)CC)C(C)C. The minimum Gasteiger partial charge on any atom is -0.481 e. The van der Waals surface area contributed by atoms with Gasteiger partial charge < -0.3 is 30.7 Å². The molecule has 50 heavy (non-hydrogen) atoms. The number of esters is 1. The van der Waals surface area contributed by atoms with Crippen molar-refractivity contribution < 1.29 is 35.2 Å². The fourth-order valence-electron chi connectivity index (χ4n) is 5.86. The van der Waals surface area contributed by atoms with Gasteiger partial charge in [-0.05, 0) is 43.2 Å². The Morgan fingerprint density at radius 1 is 0.980 bits per heavy atom. The van der Waals surface area contributed by atoms with Gasteiger partial charge in [0, 0.05) is 39.2 Å². The minimum absolute atomic E-state index is 0.0867. The Morgan fingerprint density at radius 3 is 2.18 bits per heavy atom. The van der Waals surface area contributed by atoms with Crippen LogP contribution in [0.1, 0.15) is 103 Å². The fraction of sp³-hybridized carbons (Fsp3) is 0.622. The second-order valence-electron chi connectivity index (χ2n) is 13.8. The molecule has 0 aliphatic rings. The lowest BCUT2D eigenvalue weighted by Gasteiger charge is -2.37. The molecule has 0 aliphatic carbocycles. The number of ether oxygens (including phenoxy) is 1. The summed E-state index contributed by atoms with van der Waals surface area (Å²) in [5.41, 5.74) is 1.06. The van der Waals surface area contributed by atoms with E-state index in [1.54, 1.807) is 24.3 Å². The average Bonchev–Trinajstić information content (AvgIpc) is 3.57. The van der Waals surface area contributed by atoms with Gasteiger partial charge in [0.1, 0.15) is 16.7 Å². The molecule has 1 aromatic heterocycles. The molecule has 1 heterocycles. The highest BCUT2D eigenvalue weighted by atomic mass is 32.1. The average molecular weight is 717 g/mol. The van der Waals surface area contributed by atoms with Crippen LogP contribution in [0.4, 0.5) is 0 Å². The van der Waals surface area contributed by atoms with Crippen LogP contribution in [0.3, 0.4) is 0 Å². The molecule has 0 fully saturated rings. The molecule has 0 saturated heterocycles. The van der Waals surface area contributed by atoms with Gasteiger partial charge in [-0.25, -0.2) is 4.98 Å². The Bertz CT molecular complexity index is 1440. The molecule has 0 unspecified atom stereocenters. The van der Waals surface area contributed by atoms with E-state index in [4.69, 9.17) is 6.11 Å². The predicted octanol–water partition coefficient (Wildman–Crippen LogP) is 4.85. The van der Waals surface area contributed by atoms with Crippen LogP contribution in [0.25, 0.3) is 0 Å². The zero-order valence-corrected chi connectivity index (χ0v) is 31.7. The molecule has 2 rings (SSSR count). The van der Waals surface area contributed by atoms with Crippen molar-refractivity contribution in [2.75, 3.05) is 14.1 Å². The van der Waals surface area contributed by atoms with Crippen LogP contribution in [0.15, 0.2) is 35.7 Å². The molecule has 13 heteroatoms. The number of carbonyl (C=O) groups excluding carboxylic acids is 4. The van der Waals surface area contributed by atoms with Crippen LogP contribution in [0, 0.1) is 23.7 Å². The number of nitrogens with one attached hydrogen (secondary N) is 3. The second kappa shape index (κ2) is 20.1. The van der Waals surface area contributed by atoms with E-state index in [0.29, 0.717) is 17.8 Å². The number of aromatic nitrogens is 1. The first-order valence-corrected chi connectivity index (χ1v) is 18.2. The minimum atomic E-state index is -0.954. The summed E-state index contributed by atoms with van der Waals surface area (Å²) in [4.78, 5) is 70.9. The van der Waals surface area contributed by atoms with E-state index in [2.05, 4.69) is 20.9 Å². The Labute approximate surface area is 302 Å². The van der Waals surface area contributed by atoms with Crippen LogP contribution in [0.2, 0.25) is 0 Å². The van der Waals surface area contributed by atoms with Gasteiger partial charge in [-0.3, -0.25) is 24.0 Å². The zero-order valence-electron chi connectivity index (χ0n) is 31.9. The van der Waals surface area contributed by atoms with Crippen molar-refractivity contribution in [2.45, 2.75) is 111 Å². The van der Waals surface area contributed by atoms with Gasteiger partial charge in [-0.15, -0.1) is 11.3 Å². The molecule has 1 aromatic carbocycles. The quantitative estimate of drug-likeness (QED) is 0.140. The molecular weight excluding hydrogens is 659 g/mol. The summed E-state index contributed by atoms with van der Waals surface area (Å²) in [6.45, 7) is 14.4. The monoisotopic (exact) mass is 716 g/mol. The maximum Gasteiger partial charge on any atom is 0.306 e. The highest BCUT2D eigenvalue weighted by molar-refractivity contribution is 7.09. The summed E-state index contributed by atoms with van der Waals surface area (Å²) in [6, 6.07) is 7.12. The van der Waals surface area contributed by atoms with E-state index in [0.717, 1.165) is 16.9 Å². The number of aliphatic carboxylic acids is 1. The van der Waals surface area contributed by atoms with Gasteiger partial charge in [0.2, 0.25) is 11.8 Å². The van der Waals surface area contributed by atoms with Crippen molar-refractivity contribution in [3.63, 3.8) is 0 Å². The largest absolute Gasteiger partial charge is 0.481 e. The number of carboxylic acids is 1. The summed E-state index contributed by atoms with van der Waals surface area (Å²) in [6.07, 6.45) is 0.612. The molecule has 278 valence electrons. The van der Waals surface area contributed by atoms with Crippen LogP contribution in [0.5, 0.6) is 0 Å². The van der Waals surface area contributed by atoms with Crippen molar-refractivity contribution in [1.29, 1.82) is 0 Å². The summed E-state index contributed by atoms with van der Waals surface area (Å²) in [7, 11) is 1.54. The third kappa shape index (κ3) is 12.5. The summed E-state index contributed by atoms with van der Waals surface area (Å²) in [5.74, 6) is -3.66. The van der Waals surface area contributed by atoms with Gasteiger partial charge in [0.05, 0.1) is 12.0 Å². The van der Waals surface area contributed by atoms with E-state index >= 15 is 0 Å². The van der Waals surface area contributed by atoms with E-state index in [9.17, 15) is 29.1 Å². The molecule has 4 N–H and O–H groups in total. The lowest BCUT2D eigenvalue weighted by Crippen LogP contribution is -2.57. The number of likely N-dealkylation sites (N-methyl/N-ethyl adjacent to an activating group) is 2. The Morgan fingerprint density at radius 2 is 1.64 bits per heavy atom. The summed E-state index contributed by atoms with van der Waals surface area (Å²) >= 11 is 1.16. The highest BCUT2D eigenvalue weighted by Crippen LogP contribution is 2.31. The molecule has 0 spiro atoms. The van der Waals surface area contributed by atoms with E-state index in [-0.39, 0.29) is 55.1 Å². The molecule has 0 bridgehead atoms. The van der Waals surface area contributed by atoms with E-state index in [1.165, 1.54) is 6.92 Å². The number of carboxylic acid groups (broad SMARTS) is 1. The van der Waals surface area contributed by atoms with Gasteiger partial charge in [-0.2, -0.15) is 0 Å². The zero-order chi connectivity index (χ0) is 38.4. The standard InChI is InChI=1S/C37H57N5O7S/c1-11-23(6)32(41-34(45)31(38-9)22(4)5)36(46)42(10)29(21(2)3)19-30(49-25(8)43)35-40-28(20-50-35)33(44)39-27(17-24(7)37(47)48)18-26-15-13-12-14-16-26/h12-16,20-24,27,29-32,38H,11,17-19H2,1-10H3,(H,39,44)(H,41,45)(H,47,48)/t23-,24-,27+,29+,30+,31-,32-/m0/s1/i9D. The number of carbonyl (C=O) groups is 5. The lowest BCUT2D eigenvalue weighted by molar-refractivity contribution is -0.149. The molecule has 7 atom stereocenters. The number of rotatable bonds is 20. The van der Waals surface area contributed by atoms with Gasteiger partial charge in [0.25, 0.3) is 5.91 Å². The highest BCUT2D eigenvalue weighted by Gasteiger charge is 2.36. The second-order valence-corrected chi connectivity index (χ2v) is 14.7. The van der Waals surface area contributed by atoms with Gasteiger partial charge in [0.15, 0.2) is 6.10 Å². The van der Waals surface area contributed by atoms with Gasteiger partial charge in [-0.1, -0.05) is 85.2 Å². The first-order chi connectivity index (χ1) is 24.0. The maximum atomic E-state index is 14.1. The van der Waals surface area contributed by atoms with Crippen molar-refractivity contribution >= 4 is 41.0 Å². The molecule has 2 aromatic rings. The number of thiazole rings is 1. The molecule has 12 nitrogen and oxygen atoms in total. The number of hydrogen-bond acceptors (Lipinski definition) is 9. The Hall–Kier alpha value is -3.84. The molecule has 0 radical (unpaired) electrons. The van der Waals surface area contributed by atoms with Crippen LogP contribution >= 0.6 is 11.3 Å². The van der Waals surface area contributed by atoms with Crippen LogP contribution in [-0.4, -0.2) is 82.9 Å². The Kier molecular flexibility index (Phi) is 16.3. The normalized spacial score (nSPS) is 15.9. The van der Waals surface area contributed by atoms with Gasteiger partial charge >= 0.3 is 11.9 Å². The number of benzene rings is 1. The van der Waals surface area contributed by atoms with Crippen molar-refractivity contribution in [2.24, 2.45) is 23.7 Å². The number of amides is 3. The van der Waals surface area contributed by atoms with Crippen molar-refractivity contribution in [3.8, 4) is 0 Å². The fourth-order valence-corrected chi connectivity index (χ4v) is 6.69. The number of nitrogens with zero attached hydrogens (tertiary/aromatic N) is 2. The maximum absolute atomic E-state index is 14.1. The molecule has 3 amide bonds. The predicted molar refractivity (Wildman–Crippen MR) is 195 cm³/mol. The topological polar surface area (TPSA) is 167 Å². The third-order valence-corrected chi connectivity index (χ3v) is 10.0. The Balaban J connectivity index is 2.33. The number of hydrogen-bond donors (Lipinski definition) is 4. The third-order valence-electron chi connectivity index (χ3n) is 9.07. The molecule has 0 saturated carbocycles. The smallest absolute Gasteiger partial charge is 0.306 e. The van der Waals surface area contributed by atoms with Crippen molar-refractivity contribution in [3.05, 3.63) is 52.0 Å². The van der Waals surface area contributed by atoms with E-state index in [1.807, 2.05) is 71.9 Å². The first-order valence-electron chi connectivity index (χ1n) is 18.0. The first kappa shape index (κ1) is 40.6. The molecule has 0 aliphatic heterocycles. The summed E-state index contributed by atoms with van der Waals surface area (Å²) < 4.78 is 13.3.